The van der Waals surface area contributed by atoms with E-state index < -0.39 is 11.9 Å². The molecule has 1 atom stereocenters. The van der Waals surface area contributed by atoms with Crippen molar-refractivity contribution < 1.29 is 19.0 Å². The zero-order chi connectivity index (χ0) is 14.0. The van der Waals surface area contributed by atoms with Crippen molar-refractivity contribution in [3.63, 3.8) is 0 Å². The van der Waals surface area contributed by atoms with Crippen LogP contribution in [-0.2, 0) is 4.74 Å². The van der Waals surface area contributed by atoms with E-state index in [-0.39, 0.29) is 29.6 Å². The molecule has 1 aliphatic rings. The summed E-state index contributed by atoms with van der Waals surface area (Å²) in [6.07, 6.45) is -0.397. The van der Waals surface area contributed by atoms with Crippen LogP contribution in [0.1, 0.15) is 15.9 Å². The number of rotatable bonds is 2. The summed E-state index contributed by atoms with van der Waals surface area (Å²) < 4.78 is 18.8. The molecule has 1 fully saturated rings. The second-order valence-corrected chi connectivity index (χ2v) is 4.91. The Labute approximate surface area is 115 Å². The first-order chi connectivity index (χ1) is 9.02. The van der Waals surface area contributed by atoms with Crippen molar-refractivity contribution in [2.45, 2.75) is 13.0 Å². The summed E-state index contributed by atoms with van der Waals surface area (Å²) in [5.74, 6) is -0.801. The van der Waals surface area contributed by atoms with Crippen LogP contribution in [0.2, 0.25) is 5.02 Å². The van der Waals surface area contributed by atoms with Gasteiger partial charge < -0.3 is 14.7 Å². The smallest absolute Gasteiger partial charge is 0.255 e. The fourth-order valence-corrected chi connectivity index (χ4v) is 2.29. The molecule has 1 amide bonds. The molecular formula is C13H15ClFNO3. The van der Waals surface area contributed by atoms with E-state index >= 15 is 0 Å². The quantitative estimate of drug-likeness (QED) is 0.899. The van der Waals surface area contributed by atoms with Crippen molar-refractivity contribution in [2.24, 2.45) is 0 Å². The van der Waals surface area contributed by atoms with Crippen molar-refractivity contribution >= 4 is 17.5 Å². The number of morpholine rings is 1. The van der Waals surface area contributed by atoms with Crippen molar-refractivity contribution in [1.82, 2.24) is 4.90 Å². The average molecular weight is 288 g/mol. The van der Waals surface area contributed by atoms with Crippen molar-refractivity contribution in [1.29, 1.82) is 0 Å². The second kappa shape index (κ2) is 5.86. The first kappa shape index (κ1) is 14.2. The maximum Gasteiger partial charge on any atom is 0.255 e. The summed E-state index contributed by atoms with van der Waals surface area (Å²) in [5.41, 5.74) is 0.542. The highest BCUT2D eigenvalue weighted by Crippen LogP contribution is 2.22. The SMILES string of the molecule is Cc1cc(Cl)c(C(=O)N2CCOC(CO)C2)cc1F. The fourth-order valence-electron chi connectivity index (χ4n) is 1.99. The number of aryl methyl sites for hydroxylation is 1. The monoisotopic (exact) mass is 287 g/mol. The summed E-state index contributed by atoms with van der Waals surface area (Å²) in [6.45, 7) is 2.47. The van der Waals surface area contributed by atoms with Gasteiger partial charge in [-0.05, 0) is 24.6 Å². The van der Waals surface area contributed by atoms with Gasteiger partial charge in [0, 0.05) is 13.1 Å². The van der Waals surface area contributed by atoms with Gasteiger partial charge in [-0.15, -0.1) is 0 Å². The van der Waals surface area contributed by atoms with Crippen LogP contribution in [0.15, 0.2) is 12.1 Å². The van der Waals surface area contributed by atoms with Crippen LogP contribution < -0.4 is 0 Å². The standard InChI is InChI=1S/C13H15ClFNO3/c1-8-4-11(14)10(5-12(8)15)13(18)16-2-3-19-9(6-16)7-17/h4-5,9,17H,2-3,6-7H2,1H3. The van der Waals surface area contributed by atoms with E-state index in [9.17, 15) is 9.18 Å². The molecule has 1 aromatic rings. The van der Waals surface area contributed by atoms with E-state index in [1.165, 1.54) is 11.0 Å². The molecule has 1 saturated heterocycles. The number of ether oxygens (including phenoxy) is 1. The highest BCUT2D eigenvalue weighted by molar-refractivity contribution is 6.33. The van der Waals surface area contributed by atoms with Gasteiger partial charge in [0.05, 0.1) is 29.9 Å². The number of hydrogen-bond acceptors (Lipinski definition) is 3. The molecule has 6 heteroatoms. The molecule has 1 unspecified atom stereocenters. The normalized spacial score (nSPS) is 19.6. The Bertz CT molecular complexity index is 495. The topological polar surface area (TPSA) is 49.8 Å². The fraction of sp³-hybridized carbons (Fsp3) is 0.462. The lowest BCUT2D eigenvalue weighted by Gasteiger charge is -2.32. The molecule has 0 aromatic heterocycles. The van der Waals surface area contributed by atoms with Gasteiger partial charge >= 0.3 is 0 Å². The van der Waals surface area contributed by atoms with Crippen molar-refractivity contribution in [3.8, 4) is 0 Å². The Morgan fingerprint density at radius 1 is 1.63 bits per heavy atom. The Morgan fingerprint density at radius 3 is 3.05 bits per heavy atom. The van der Waals surface area contributed by atoms with E-state index in [1.807, 2.05) is 0 Å². The molecule has 1 aliphatic heterocycles. The predicted octanol–water partition coefficient (Wildman–Crippen LogP) is 1.62. The lowest BCUT2D eigenvalue weighted by Crippen LogP contribution is -2.47. The van der Waals surface area contributed by atoms with E-state index in [0.29, 0.717) is 18.7 Å². The first-order valence-electron chi connectivity index (χ1n) is 6.00. The summed E-state index contributed by atoms with van der Waals surface area (Å²) in [5, 5.41) is 9.28. The van der Waals surface area contributed by atoms with Crippen LogP contribution >= 0.6 is 11.6 Å². The molecule has 1 N–H and O–H groups in total. The van der Waals surface area contributed by atoms with Crippen LogP contribution in [0.25, 0.3) is 0 Å². The number of aliphatic hydroxyl groups excluding tert-OH is 1. The van der Waals surface area contributed by atoms with Crippen molar-refractivity contribution in [3.05, 3.63) is 34.1 Å². The van der Waals surface area contributed by atoms with E-state index in [2.05, 4.69) is 0 Å². The summed E-state index contributed by atoms with van der Waals surface area (Å²) in [4.78, 5) is 13.8. The number of carbonyl (C=O) groups excluding carboxylic acids is 1. The molecule has 4 nitrogen and oxygen atoms in total. The maximum absolute atomic E-state index is 13.5. The number of carbonyl (C=O) groups is 1. The van der Waals surface area contributed by atoms with Gasteiger partial charge in [-0.2, -0.15) is 0 Å². The molecule has 2 rings (SSSR count). The van der Waals surface area contributed by atoms with Crippen LogP contribution in [0.3, 0.4) is 0 Å². The molecule has 0 saturated carbocycles. The summed E-state index contributed by atoms with van der Waals surface area (Å²) >= 11 is 5.99. The lowest BCUT2D eigenvalue weighted by atomic mass is 10.1. The number of hydrogen-bond donors (Lipinski definition) is 1. The maximum atomic E-state index is 13.5. The largest absolute Gasteiger partial charge is 0.394 e. The Balaban J connectivity index is 2.22. The van der Waals surface area contributed by atoms with Crippen LogP contribution in [0, 0.1) is 12.7 Å². The van der Waals surface area contributed by atoms with E-state index in [1.54, 1.807) is 6.92 Å². The number of benzene rings is 1. The number of nitrogens with zero attached hydrogens (tertiary/aromatic N) is 1. The van der Waals surface area contributed by atoms with Gasteiger partial charge in [-0.1, -0.05) is 11.6 Å². The van der Waals surface area contributed by atoms with Gasteiger partial charge in [-0.3, -0.25) is 4.79 Å². The van der Waals surface area contributed by atoms with Crippen LogP contribution in [0.4, 0.5) is 4.39 Å². The van der Waals surface area contributed by atoms with Crippen LogP contribution in [0.5, 0.6) is 0 Å². The van der Waals surface area contributed by atoms with Crippen LogP contribution in [-0.4, -0.2) is 48.3 Å². The second-order valence-electron chi connectivity index (χ2n) is 4.51. The molecule has 104 valence electrons. The van der Waals surface area contributed by atoms with Gasteiger partial charge in [0.1, 0.15) is 5.82 Å². The number of aliphatic hydroxyl groups is 1. The zero-order valence-electron chi connectivity index (χ0n) is 10.5. The highest BCUT2D eigenvalue weighted by atomic mass is 35.5. The minimum atomic E-state index is -0.459. The van der Waals surface area contributed by atoms with E-state index in [0.717, 1.165) is 6.07 Å². The average Bonchev–Trinajstić information content (AvgIpc) is 2.42. The number of halogens is 2. The third-order valence-electron chi connectivity index (χ3n) is 3.11. The zero-order valence-corrected chi connectivity index (χ0v) is 11.3. The molecule has 1 heterocycles. The molecular weight excluding hydrogens is 273 g/mol. The molecule has 1 aromatic carbocycles. The summed E-state index contributed by atoms with van der Waals surface area (Å²) in [6, 6.07) is 2.59. The molecule has 0 spiro atoms. The summed E-state index contributed by atoms with van der Waals surface area (Å²) in [7, 11) is 0. The highest BCUT2D eigenvalue weighted by Gasteiger charge is 2.26. The lowest BCUT2D eigenvalue weighted by molar-refractivity contribution is -0.0447. The minimum absolute atomic E-state index is 0.142. The molecule has 0 bridgehead atoms. The van der Waals surface area contributed by atoms with Gasteiger partial charge in [0.15, 0.2) is 0 Å². The van der Waals surface area contributed by atoms with E-state index in [4.69, 9.17) is 21.4 Å². The third-order valence-corrected chi connectivity index (χ3v) is 3.42. The third kappa shape index (κ3) is 3.05. The molecule has 0 radical (unpaired) electrons. The van der Waals surface area contributed by atoms with Gasteiger partial charge in [-0.25, -0.2) is 4.39 Å². The molecule has 19 heavy (non-hydrogen) atoms. The first-order valence-corrected chi connectivity index (χ1v) is 6.38. The van der Waals surface area contributed by atoms with Gasteiger partial charge in [0.25, 0.3) is 5.91 Å². The Hall–Kier alpha value is -1.17. The number of amides is 1. The molecule has 0 aliphatic carbocycles. The predicted molar refractivity (Wildman–Crippen MR) is 68.9 cm³/mol. The Morgan fingerprint density at radius 2 is 2.37 bits per heavy atom. The minimum Gasteiger partial charge on any atom is -0.394 e. The van der Waals surface area contributed by atoms with Crippen molar-refractivity contribution in [2.75, 3.05) is 26.3 Å². The Kier molecular flexibility index (Phi) is 4.39. The van der Waals surface area contributed by atoms with Gasteiger partial charge in [0.2, 0.25) is 0 Å².